The highest BCUT2D eigenvalue weighted by Gasteiger charge is 2.40. The minimum atomic E-state index is -0.672. The number of nitriles is 1. The van der Waals surface area contributed by atoms with E-state index in [0.717, 1.165) is 30.6 Å². The third-order valence-corrected chi connectivity index (χ3v) is 6.49. The molecule has 4 rings (SSSR count). The van der Waals surface area contributed by atoms with E-state index in [1.807, 2.05) is 12.1 Å². The summed E-state index contributed by atoms with van der Waals surface area (Å²) in [6.07, 6.45) is 5.04. The predicted molar refractivity (Wildman–Crippen MR) is 106 cm³/mol. The van der Waals surface area contributed by atoms with Gasteiger partial charge in [-0.1, -0.05) is 30.3 Å². The summed E-state index contributed by atoms with van der Waals surface area (Å²) in [5.41, 5.74) is 11.3. The lowest BCUT2D eigenvalue weighted by atomic mass is 9.73. The maximum absolute atomic E-state index is 14.5. The van der Waals surface area contributed by atoms with E-state index >= 15 is 0 Å². The molecule has 1 saturated heterocycles. The predicted octanol–water partition coefficient (Wildman–Crippen LogP) is 3.80. The molecule has 1 aliphatic carbocycles. The number of rotatable bonds is 3. The molecule has 2 aromatic carbocycles. The molecule has 0 bridgehead atoms. The first-order valence-corrected chi connectivity index (χ1v) is 9.77. The molecule has 1 heterocycles. The second-order valence-corrected chi connectivity index (χ2v) is 8.20. The maximum atomic E-state index is 14.5. The van der Waals surface area contributed by atoms with Crippen molar-refractivity contribution in [2.45, 2.75) is 43.6 Å². The first kappa shape index (κ1) is 18.2. The van der Waals surface area contributed by atoms with E-state index in [4.69, 9.17) is 11.0 Å². The van der Waals surface area contributed by atoms with Gasteiger partial charge in [0.2, 0.25) is 0 Å². The number of benzene rings is 2. The largest absolute Gasteiger partial charge is 0.316 e. The van der Waals surface area contributed by atoms with E-state index in [2.05, 4.69) is 30.1 Å². The molecule has 0 amide bonds. The summed E-state index contributed by atoms with van der Waals surface area (Å²) in [7, 11) is 2.20. The zero-order valence-electron chi connectivity index (χ0n) is 15.8. The number of fused-ring (bicyclic) bond motifs is 2. The lowest BCUT2D eigenvalue weighted by molar-refractivity contribution is 0.187. The van der Waals surface area contributed by atoms with Crippen LogP contribution in [0.5, 0.6) is 0 Å². The highest BCUT2D eigenvalue weighted by atomic mass is 19.1. The summed E-state index contributed by atoms with van der Waals surface area (Å²) >= 11 is 0. The van der Waals surface area contributed by atoms with Crippen molar-refractivity contribution in [1.29, 1.82) is 5.26 Å². The fourth-order valence-corrected chi connectivity index (χ4v) is 4.72. The van der Waals surface area contributed by atoms with Gasteiger partial charge in [-0.05, 0) is 85.1 Å². The number of nitrogens with two attached hydrogens (primary N) is 1. The van der Waals surface area contributed by atoms with E-state index < -0.39 is 6.04 Å². The van der Waals surface area contributed by atoms with Crippen LogP contribution in [0.25, 0.3) is 11.1 Å². The Morgan fingerprint density at radius 2 is 1.85 bits per heavy atom. The van der Waals surface area contributed by atoms with E-state index in [9.17, 15) is 4.39 Å². The van der Waals surface area contributed by atoms with Gasteiger partial charge in [0.15, 0.2) is 0 Å². The number of likely N-dealkylation sites (tertiary alicyclic amines) is 1. The van der Waals surface area contributed by atoms with Crippen molar-refractivity contribution in [3.05, 3.63) is 58.9 Å². The Hall–Kier alpha value is -2.22. The quantitative estimate of drug-likeness (QED) is 0.902. The molecule has 3 nitrogen and oxygen atoms in total. The first-order chi connectivity index (χ1) is 13.0. The van der Waals surface area contributed by atoms with Gasteiger partial charge in [-0.2, -0.15) is 5.26 Å². The average Bonchev–Trinajstić information content (AvgIpc) is 3.03. The van der Waals surface area contributed by atoms with Crippen LogP contribution < -0.4 is 5.73 Å². The second kappa shape index (κ2) is 7.07. The van der Waals surface area contributed by atoms with Crippen LogP contribution >= 0.6 is 0 Å². The zero-order chi connectivity index (χ0) is 19.0. The Labute approximate surface area is 160 Å². The molecule has 27 heavy (non-hydrogen) atoms. The van der Waals surface area contributed by atoms with Crippen LogP contribution in [0.2, 0.25) is 0 Å². The topological polar surface area (TPSA) is 53.0 Å². The van der Waals surface area contributed by atoms with E-state index in [-0.39, 0.29) is 12.2 Å². The Morgan fingerprint density at radius 1 is 1.15 bits per heavy atom. The summed E-state index contributed by atoms with van der Waals surface area (Å²) in [6.45, 7) is 2.29. The highest BCUT2D eigenvalue weighted by molar-refractivity contribution is 5.66. The molecule has 0 saturated carbocycles. The Balaban J connectivity index is 1.65. The fourth-order valence-electron chi connectivity index (χ4n) is 4.72. The fraction of sp³-hybridized carbons (Fsp3) is 0.435. The molecule has 0 aromatic heterocycles. The third kappa shape index (κ3) is 3.38. The maximum Gasteiger partial charge on any atom is 0.127 e. The lowest BCUT2D eigenvalue weighted by Gasteiger charge is -2.39. The number of hydrogen-bond acceptors (Lipinski definition) is 3. The molecule has 2 aromatic rings. The number of nitrogens with zero attached hydrogens (tertiary/aromatic N) is 2. The van der Waals surface area contributed by atoms with Crippen molar-refractivity contribution in [3.63, 3.8) is 0 Å². The van der Waals surface area contributed by atoms with Crippen LogP contribution in [0.15, 0.2) is 36.4 Å². The van der Waals surface area contributed by atoms with Crippen LogP contribution in [0.1, 0.15) is 36.0 Å². The van der Waals surface area contributed by atoms with E-state index in [1.54, 1.807) is 12.1 Å². The normalized spacial score (nSPS) is 19.6. The minimum Gasteiger partial charge on any atom is -0.316 e. The van der Waals surface area contributed by atoms with Crippen molar-refractivity contribution in [1.82, 2.24) is 4.90 Å². The Bertz CT molecular complexity index is 891. The molecule has 1 spiro atoms. The van der Waals surface area contributed by atoms with Crippen LogP contribution in [0, 0.1) is 17.1 Å². The summed E-state index contributed by atoms with van der Waals surface area (Å²) in [5, 5.41) is 8.85. The van der Waals surface area contributed by atoms with Crippen molar-refractivity contribution in [3.8, 4) is 17.2 Å². The van der Waals surface area contributed by atoms with Crippen molar-refractivity contribution in [2.24, 2.45) is 5.73 Å². The van der Waals surface area contributed by atoms with E-state index in [0.29, 0.717) is 11.0 Å². The van der Waals surface area contributed by atoms with Gasteiger partial charge >= 0.3 is 0 Å². The highest BCUT2D eigenvalue weighted by Crippen LogP contribution is 2.47. The van der Waals surface area contributed by atoms with E-state index in [1.165, 1.54) is 30.4 Å². The van der Waals surface area contributed by atoms with Gasteiger partial charge in [-0.3, -0.25) is 0 Å². The third-order valence-electron chi connectivity index (χ3n) is 6.49. The van der Waals surface area contributed by atoms with Gasteiger partial charge < -0.3 is 10.6 Å². The van der Waals surface area contributed by atoms with Gasteiger partial charge in [0.1, 0.15) is 5.82 Å². The van der Waals surface area contributed by atoms with Gasteiger partial charge in [0.25, 0.3) is 0 Å². The Kier molecular flexibility index (Phi) is 4.75. The number of halogens is 1. The van der Waals surface area contributed by atoms with Crippen LogP contribution in [0.4, 0.5) is 4.39 Å². The number of aryl methyl sites for hydroxylation is 1. The summed E-state index contributed by atoms with van der Waals surface area (Å²) in [5.74, 6) is -0.285. The first-order valence-electron chi connectivity index (χ1n) is 9.77. The van der Waals surface area contributed by atoms with Gasteiger partial charge in [0, 0.05) is 6.42 Å². The van der Waals surface area contributed by atoms with Gasteiger partial charge in [0.05, 0.1) is 12.1 Å². The van der Waals surface area contributed by atoms with Gasteiger partial charge in [-0.25, -0.2) is 4.39 Å². The minimum absolute atomic E-state index is 0.240. The van der Waals surface area contributed by atoms with Crippen LogP contribution in [-0.2, 0) is 18.3 Å². The second-order valence-electron chi connectivity index (χ2n) is 8.20. The molecule has 0 unspecified atom stereocenters. The molecule has 1 aliphatic heterocycles. The smallest absolute Gasteiger partial charge is 0.127 e. The SMILES string of the molecule is CN1CCC2(CCc3ccc(-c4ccc(C[C@H](N)C#N)c(F)c4)cc32)CC1. The molecular weight excluding hydrogens is 337 g/mol. The van der Waals surface area contributed by atoms with Crippen molar-refractivity contribution >= 4 is 0 Å². The van der Waals surface area contributed by atoms with Crippen LogP contribution in [-0.4, -0.2) is 31.1 Å². The number of hydrogen-bond donors (Lipinski definition) is 1. The van der Waals surface area contributed by atoms with Crippen LogP contribution in [0.3, 0.4) is 0 Å². The molecule has 1 atom stereocenters. The summed E-state index contributed by atoms with van der Waals surface area (Å²) < 4.78 is 14.5. The molecular formula is C23H26FN3. The van der Waals surface area contributed by atoms with Crippen molar-refractivity contribution in [2.75, 3.05) is 20.1 Å². The zero-order valence-corrected chi connectivity index (χ0v) is 15.8. The van der Waals surface area contributed by atoms with Gasteiger partial charge in [-0.15, -0.1) is 0 Å². The average molecular weight is 363 g/mol. The molecule has 4 heteroatoms. The standard InChI is InChI=1S/C23H26FN3/c1-27-10-8-23(9-11-27)7-6-16-2-3-17(13-21(16)23)18-4-5-19(22(24)14-18)12-20(26)15-25/h2-5,13-14,20H,6-12,26H2,1H3/t20-/m0/s1. The number of piperidine rings is 1. The summed E-state index contributed by atoms with van der Waals surface area (Å²) in [4.78, 5) is 2.41. The molecule has 2 aliphatic rings. The molecule has 2 N–H and O–H groups in total. The molecule has 140 valence electrons. The molecule has 1 fully saturated rings. The lowest BCUT2D eigenvalue weighted by Crippen LogP contribution is -2.39. The summed E-state index contributed by atoms with van der Waals surface area (Å²) in [6, 6.07) is 13.2. The molecule has 0 radical (unpaired) electrons. The Morgan fingerprint density at radius 3 is 2.56 bits per heavy atom. The van der Waals surface area contributed by atoms with Crippen molar-refractivity contribution < 1.29 is 4.39 Å². The monoisotopic (exact) mass is 363 g/mol.